The second-order valence-electron chi connectivity index (χ2n) is 12.8. The van der Waals surface area contributed by atoms with E-state index in [0.29, 0.717) is 0 Å². The molecule has 0 saturated heterocycles. The molecule has 0 aliphatic carbocycles. The Morgan fingerprint density at radius 2 is 0.603 bits per heavy atom. The Bertz CT molecular complexity index is 2620. The van der Waals surface area contributed by atoms with Crippen molar-refractivity contribution < 1.29 is 97.4 Å². The highest BCUT2D eigenvalue weighted by Gasteiger charge is 2.52. The van der Waals surface area contributed by atoms with Crippen molar-refractivity contribution >= 4 is 54.7 Å². The number of nitrogens with zero attached hydrogens (tertiary/aromatic N) is 1. The van der Waals surface area contributed by atoms with Crippen molar-refractivity contribution in [1.82, 2.24) is 0 Å². The molecule has 7 rings (SSSR count). The van der Waals surface area contributed by atoms with Gasteiger partial charge in [-0.2, -0.15) is 0 Å². The van der Waals surface area contributed by atoms with Crippen LogP contribution in [-0.2, 0) is 0 Å². The topological polar surface area (TPSA) is 13.1 Å². The third-order valence-corrected chi connectivity index (χ3v) is 9.92. The Morgan fingerprint density at radius 1 is 0.333 bits per heavy atom. The van der Waals surface area contributed by atoms with Crippen molar-refractivity contribution in [3.8, 4) is 5.75 Å². The first-order valence-corrected chi connectivity index (χ1v) is 17.4. The van der Waals surface area contributed by atoms with Crippen molar-refractivity contribution in [2.24, 2.45) is 0 Å². The number of halogens is 21. The van der Waals surface area contributed by atoms with Crippen molar-refractivity contribution in [1.29, 1.82) is 0 Å². The molecule has 0 radical (unpaired) electrons. The lowest BCUT2D eigenvalue weighted by Gasteiger charge is -2.44. The van der Waals surface area contributed by atoms with E-state index in [1.54, 1.807) is 4.73 Å². The Kier molecular flexibility index (Phi) is 12.5. The highest BCUT2D eigenvalue weighted by molar-refractivity contribution is 9.10. The number of aromatic nitrogens is 1. The minimum atomic E-state index is -7.22. The van der Waals surface area contributed by atoms with Crippen molar-refractivity contribution in [2.75, 3.05) is 0 Å². The predicted molar refractivity (Wildman–Crippen MR) is 184 cm³/mol. The van der Waals surface area contributed by atoms with Gasteiger partial charge in [-0.05, 0) is 35.7 Å². The van der Waals surface area contributed by atoms with Gasteiger partial charge in [0, 0.05) is 15.3 Å². The molecule has 0 aliphatic heterocycles. The van der Waals surface area contributed by atoms with Crippen LogP contribution in [0.4, 0.5) is 87.8 Å². The summed E-state index contributed by atoms with van der Waals surface area (Å²) in [7, 11) is 0. The van der Waals surface area contributed by atoms with Crippen LogP contribution >= 0.6 is 15.9 Å². The van der Waals surface area contributed by atoms with Crippen LogP contribution < -0.4 is 31.4 Å². The summed E-state index contributed by atoms with van der Waals surface area (Å²) in [4.78, 5) is 5.74. The van der Waals surface area contributed by atoms with E-state index in [0.717, 1.165) is 15.6 Å². The molecule has 2 nitrogen and oxygen atoms in total. The first kappa shape index (κ1) is 46.2. The maximum atomic E-state index is 15.4. The van der Waals surface area contributed by atoms with Crippen LogP contribution in [0.15, 0.2) is 71.5 Å². The van der Waals surface area contributed by atoms with Crippen LogP contribution in [0, 0.1) is 116 Å². The first-order chi connectivity index (χ1) is 29.5. The molecule has 0 bridgehead atoms. The van der Waals surface area contributed by atoms with Crippen LogP contribution in [-0.4, -0.2) is 6.15 Å². The third kappa shape index (κ3) is 7.36. The van der Waals surface area contributed by atoms with Crippen LogP contribution in [0.1, 0.15) is 0 Å². The minimum absolute atomic E-state index is 0.804. The fourth-order valence-electron chi connectivity index (χ4n) is 6.66. The molecule has 0 N–H and O–H groups in total. The molecule has 0 atom stereocenters. The molecular formula is C39H11BBrF20NO. The second-order valence-corrected chi connectivity index (χ2v) is 13.7. The summed E-state index contributed by atoms with van der Waals surface area (Å²) < 4.78 is 297. The molecule has 24 heteroatoms. The zero-order valence-corrected chi connectivity index (χ0v) is 31.3. The van der Waals surface area contributed by atoms with E-state index >= 15 is 35.1 Å². The van der Waals surface area contributed by atoms with E-state index < -0.39 is 144 Å². The van der Waals surface area contributed by atoms with E-state index in [1.165, 1.54) is 5.39 Å². The van der Waals surface area contributed by atoms with E-state index in [4.69, 9.17) is 4.84 Å². The minimum Gasteiger partial charge on any atom is -0.232 e. The second kappa shape index (κ2) is 17.1. The summed E-state index contributed by atoms with van der Waals surface area (Å²) in [5.74, 6) is -70.6. The van der Waals surface area contributed by atoms with Gasteiger partial charge in [0.15, 0.2) is 69.8 Å². The molecule has 0 saturated carbocycles. The van der Waals surface area contributed by atoms with E-state index in [9.17, 15) is 52.7 Å². The van der Waals surface area contributed by atoms with Gasteiger partial charge in [0.1, 0.15) is 52.7 Å². The van der Waals surface area contributed by atoms with Gasteiger partial charge >= 0.3 is 0 Å². The lowest BCUT2D eigenvalue weighted by atomic mass is 9.12. The number of hydrogen-bond donors (Lipinski definition) is 0. The van der Waals surface area contributed by atoms with Crippen molar-refractivity contribution in [2.45, 2.75) is 0 Å². The molecular weight excluding hydrogens is 969 g/mol. The van der Waals surface area contributed by atoms with Crippen LogP contribution in [0.2, 0.25) is 0 Å². The number of pyridine rings is 1. The molecule has 0 aliphatic rings. The maximum absolute atomic E-state index is 15.4. The SMILES string of the molecule is Brc1ccc(O[n+]2ccc3ccccc3c2)cc1.Fc1c(F)c(F)c([B-](c2c(F)c(F)c(F)c(F)c2F)(c2c(F)c(F)c(F)c(F)c2F)c2c(F)c(F)c(F)c(F)c2F)c(F)c1F. The molecule has 0 amide bonds. The number of hydrogen-bond acceptors (Lipinski definition) is 1. The van der Waals surface area contributed by atoms with Gasteiger partial charge in [0.25, 0.3) is 0 Å². The number of rotatable bonds is 6. The highest BCUT2D eigenvalue weighted by atomic mass is 79.9. The lowest BCUT2D eigenvalue weighted by molar-refractivity contribution is -0.874. The third-order valence-electron chi connectivity index (χ3n) is 9.39. The average molecular weight is 980 g/mol. The quantitative estimate of drug-likeness (QED) is 0.0533. The summed E-state index contributed by atoms with van der Waals surface area (Å²) in [6, 6.07) is 18.0. The zero-order chi connectivity index (χ0) is 46.7. The van der Waals surface area contributed by atoms with Gasteiger partial charge in [-0.3, -0.25) is 0 Å². The van der Waals surface area contributed by atoms with E-state index in [-0.39, 0.29) is 0 Å². The molecule has 0 fully saturated rings. The maximum Gasteiger partial charge on any atom is 0.230 e. The Morgan fingerprint density at radius 3 is 0.905 bits per heavy atom. The van der Waals surface area contributed by atoms with E-state index in [2.05, 4.69) is 28.1 Å². The van der Waals surface area contributed by atoms with Crippen molar-refractivity contribution in [3.63, 3.8) is 0 Å². The van der Waals surface area contributed by atoms with Gasteiger partial charge in [-0.15, -0.1) is 21.9 Å². The van der Waals surface area contributed by atoms with Gasteiger partial charge in [-0.25, -0.2) is 92.6 Å². The first-order valence-electron chi connectivity index (χ1n) is 16.6. The smallest absolute Gasteiger partial charge is 0.230 e. The van der Waals surface area contributed by atoms with Crippen LogP contribution in [0.25, 0.3) is 10.8 Å². The summed E-state index contributed by atoms with van der Waals surface area (Å²) in [6.07, 6.45) is -3.34. The summed E-state index contributed by atoms with van der Waals surface area (Å²) >= 11 is 3.40. The normalized spacial score (nSPS) is 11.6. The zero-order valence-electron chi connectivity index (χ0n) is 29.7. The summed E-state index contributed by atoms with van der Waals surface area (Å²) in [6.45, 7) is 0. The molecule has 328 valence electrons. The van der Waals surface area contributed by atoms with Crippen LogP contribution in [0.5, 0.6) is 5.75 Å². The van der Waals surface area contributed by atoms with E-state index in [1.807, 2.05) is 54.9 Å². The summed E-state index contributed by atoms with van der Waals surface area (Å²) in [5, 5.41) is 2.35. The standard InChI is InChI=1S/C24BF20.C15H11BrNO/c26-5-1(6(27)14(35)21(42)13(5)34)25(2-7(28)15(36)22(43)16(37)8(2)29,3-9(30)17(38)23(44)18(39)10(3)31)4-11(32)19(40)24(45)20(41)12(4)33;16-14-5-7-15(8-6-14)18-17-10-9-12-3-1-2-4-13(12)11-17/h;1-11H/q-1;+1. The van der Waals surface area contributed by atoms with Gasteiger partial charge in [0.2, 0.25) is 18.1 Å². The monoisotopic (exact) mass is 979 g/mol. The molecule has 7 aromatic rings. The molecule has 1 aromatic heterocycles. The fourth-order valence-corrected chi connectivity index (χ4v) is 6.93. The van der Waals surface area contributed by atoms with Gasteiger partial charge in [0.05, 0.1) is 5.39 Å². The van der Waals surface area contributed by atoms with Crippen molar-refractivity contribution in [3.05, 3.63) is 188 Å². The molecule has 63 heavy (non-hydrogen) atoms. The number of fused-ring (bicyclic) bond motifs is 1. The Balaban J connectivity index is 0.000000302. The van der Waals surface area contributed by atoms with Gasteiger partial charge in [-0.1, -0.05) is 34.1 Å². The average Bonchev–Trinajstić information content (AvgIpc) is 3.27. The van der Waals surface area contributed by atoms with Gasteiger partial charge < -0.3 is 0 Å². The largest absolute Gasteiger partial charge is 0.232 e. The highest BCUT2D eigenvalue weighted by Crippen LogP contribution is 2.31. The van der Waals surface area contributed by atoms with Crippen LogP contribution in [0.3, 0.4) is 0 Å². The molecule has 0 spiro atoms. The lowest BCUT2D eigenvalue weighted by Crippen LogP contribution is -2.81. The Hall–Kier alpha value is -6.33. The molecule has 0 unspecified atom stereocenters. The summed E-state index contributed by atoms with van der Waals surface area (Å²) in [5.41, 5.74) is -14.3. The number of benzene rings is 6. The molecule has 1 heterocycles. The Labute approximate surface area is 345 Å². The molecule has 6 aromatic carbocycles. The fraction of sp³-hybridized carbons (Fsp3) is 0. The predicted octanol–water partition coefficient (Wildman–Crippen LogP) is 9.58.